The van der Waals surface area contributed by atoms with Crippen molar-refractivity contribution < 1.29 is 28.3 Å². The van der Waals surface area contributed by atoms with Gasteiger partial charge in [-0.05, 0) is 19.9 Å². The van der Waals surface area contributed by atoms with Gasteiger partial charge in [0, 0.05) is 24.1 Å². The average Bonchev–Trinajstić information content (AvgIpc) is 2.91. The first kappa shape index (κ1) is 18.5. The number of fused-ring (bicyclic) bond motifs is 1. The molecule has 0 spiro atoms. The Balaban J connectivity index is 2.03. The minimum atomic E-state index is -0.803. The van der Waals surface area contributed by atoms with Crippen LogP contribution in [0.3, 0.4) is 0 Å². The number of amides is 3. The van der Waals surface area contributed by atoms with E-state index in [-0.39, 0.29) is 18.4 Å². The largest absolute Gasteiger partial charge is 0.450 e. The lowest BCUT2D eigenvalue weighted by Crippen LogP contribution is -2.44. The first-order valence-corrected chi connectivity index (χ1v) is 7.69. The molecule has 0 saturated carbocycles. The molecule has 8 heteroatoms. The predicted octanol–water partition coefficient (Wildman–Crippen LogP) is 1.97. The fourth-order valence-corrected chi connectivity index (χ4v) is 2.21. The molecule has 0 bridgehead atoms. The predicted molar refractivity (Wildman–Crippen MR) is 89.0 cm³/mol. The normalized spacial score (nSPS) is 10.7. The van der Waals surface area contributed by atoms with Gasteiger partial charge in [0.05, 0.1) is 6.61 Å². The number of hydrogen-bond acceptors (Lipinski definition) is 6. The van der Waals surface area contributed by atoms with Gasteiger partial charge in [-0.15, -0.1) is 0 Å². The highest BCUT2D eigenvalue weighted by molar-refractivity contribution is 5.99. The SMILES string of the molecule is COCc1c(C(=O)OCC(=O)NC(=O)NC(C)C)oc2ccccc12. The third-order valence-corrected chi connectivity index (χ3v) is 3.18. The lowest BCUT2D eigenvalue weighted by molar-refractivity contribution is -0.123. The van der Waals surface area contributed by atoms with E-state index in [0.29, 0.717) is 11.1 Å². The topological polar surface area (TPSA) is 107 Å². The maximum atomic E-state index is 12.2. The van der Waals surface area contributed by atoms with Gasteiger partial charge in [-0.1, -0.05) is 18.2 Å². The van der Waals surface area contributed by atoms with Crippen molar-refractivity contribution in [2.45, 2.75) is 26.5 Å². The fraction of sp³-hybridized carbons (Fsp3) is 0.353. The molecule has 0 aliphatic carbocycles. The Morgan fingerprint density at radius 2 is 1.92 bits per heavy atom. The van der Waals surface area contributed by atoms with E-state index in [0.717, 1.165) is 5.39 Å². The number of benzene rings is 1. The zero-order valence-electron chi connectivity index (χ0n) is 14.3. The van der Waals surface area contributed by atoms with Crippen LogP contribution in [0, 0.1) is 0 Å². The molecule has 8 nitrogen and oxygen atoms in total. The van der Waals surface area contributed by atoms with Gasteiger partial charge in [0.15, 0.2) is 6.61 Å². The summed E-state index contributed by atoms with van der Waals surface area (Å²) < 4.78 is 15.5. The molecule has 0 radical (unpaired) electrons. The Morgan fingerprint density at radius 1 is 1.20 bits per heavy atom. The summed E-state index contributed by atoms with van der Waals surface area (Å²) in [5.74, 6) is -1.57. The van der Waals surface area contributed by atoms with Crippen LogP contribution in [0.1, 0.15) is 30.0 Å². The first-order valence-electron chi connectivity index (χ1n) is 7.69. The average molecular weight is 348 g/mol. The second-order valence-corrected chi connectivity index (χ2v) is 5.59. The number of nitrogens with one attached hydrogen (secondary N) is 2. The summed E-state index contributed by atoms with van der Waals surface area (Å²) in [6.07, 6.45) is 0. The van der Waals surface area contributed by atoms with E-state index in [1.807, 2.05) is 6.07 Å². The first-order chi connectivity index (χ1) is 11.9. The zero-order valence-corrected chi connectivity index (χ0v) is 14.3. The maximum absolute atomic E-state index is 12.2. The Hall–Kier alpha value is -2.87. The highest BCUT2D eigenvalue weighted by Gasteiger charge is 2.22. The third kappa shape index (κ3) is 4.80. The van der Waals surface area contributed by atoms with Crippen molar-refractivity contribution in [3.8, 4) is 0 Å². The molecule has 1 aromatic carbocycles. The number of urea groups is 1. The van der Waals surface area contributed by atoms with Crippen LogP contribution >= 0.6 is 0 Å². The van der Waals surface area contributed by atoms with E-state index in [1.165, 1.54) is 7.11 Å². The molecule has 3 amide bonds. The second kappa shape index (κ2) is 8.29. The summed E-state index contributed by atoms with van der Waals surface area (Å²) in [4.78, 5) is 35.3. The van der Waals surface area contributed by atoms with Crippen LogP contribution in [0.2, 0.25) is 0 Å². The molecule has 0 aliphatic rings. The number of esters is 1. The molecular formula is C17H20N2O6. The molecule has 2 N–H and O–H groups in total. The quantitative estimate of drug-likeness (QED) is 0.773. The zero-order chi connectivity index (χ0) is 18.4. The highest BCUT2D eigenvalue weighted by Crippen LogP contribution is 2.27. The van der Waals surface area contributed by atoms with E-state index in [1.54, 1.807) is 32.0 Å². The van der Waals surface area contributed by atoms with Gasteiger partial charge in [-0.25, -0.2) is 9.59 Å². The van der Waals surface area contributed by atoms with Gasteiger partial charge in [0.2, 0.25) is 5.76 Å². The fourth-order valence-electron chi connectivity index (χ4n) is 2.21. The van der Waals surface area contributed by atoms with Crippen LogP contribution in [0.5, 0.6) is 0 Å². The highest BCUT2D eigenvalue weighted by atomic mass is 16.5. The van der Waals surface area contributed by atoms with Crippen LogP contribution in [0.25, 0.3) is 11.0 Å². The van der Waals surface area contributed by atoms with Gasteiger partial charge in [-0.3, -0.25) is 10.1 Å². The molecule has 2 aromatic rings. The summed E-state index contributed by atoms with van der Waals surface area (Å²) in [6, 6.07) is 6.33. The smallest absolute Gasteiger partial charge is 0.375 e. The van der Waals surface area contributed by atoms with Crippen molar-refractivity contribution in [1.82, 2.24) is 10.6 Å². The summed E-state index contributed by atoms with van der Waals surface area (Å²) in [7, 11) is 1.50. The minimum absolute atomic E-state index is 0.0255. The van der Waals surface area contributed by atoms with Crippen molar-refractivity contribution in [3.05, 3.63) is 35.6 Å². The van der Waals surface area contributed by atoms with Crippen molar-refractivity contribution in [2.75, 3.05) is 13.7 Å². The number of para-hydroxylation sites is 1. The summed E-state index contributed by atoms with van der Waals surface area (Å²) in [5.41, 5.74) is 1.06. The number of carbonyl (C=O) groups is 3. The molecule has 0 aliphatic heterocycles. The van der Waals surface area contributed by atoms with Crippen LogP contribution in [-0.2, 0) is 20.9 Å². The molecular weight excluding hydrogens is 328 g/mol. The standard InChI is InChI=1S/C17H20N2O6/c1-10(2)18-17(22)19-14(20)9-24-16(21)15-12(8-23-3)11-6-4-5-7-13(11)25-15/h4-7,10H,8-9H2,1-3H3,(H2,18,19,20,22). The lowest BCUT2D eigenvalue weighted by Gasteiger charge is -2.09. The van der Waals surface area contributed by atoms with Gasteiger partial charge in [0.1, 0.15) is 5.58 Å². The molecule has 2 rings (SSSR count). The van der Waals surface area contributed by atoms with E-state index < -0.39 is 24.5 Å². The van der Waals surface area contributed by atoms with Gasteiger partial charge >= 0.3 is 12.0 Å². The summed E-state index contributed by atoms with van der Waals surface area (Å²) in [5, 5.41) is 5.29. The van der Waals surface area contributed by atoms with Crippen LogP contribution in [-0.4, -0.2) is 37.7 Å². The number of hydrogen-bond donors (Lipinski definition) is 2. The number of ether oxygens (including phenoxy) is 2. The van der Waals surface area contributed by atoms with E-state index in [9.17, 15) is 14.4 Å². The number of imide groups is 1. The number of rotatable bonds is 6. The lowest BCUT2D eigenvalue weighted by atomic mass is 10.1. The third-order valence-electron chi connectivity index (χ3n) is 3.18. The number of furan rings is 1. The Labute approximate surface area is 144 Å². The molecule has 0 saturated heterocycles. The molecule has 0 atom stereocenters. The van der Waals surface area contributed by atoms with Gasteiger partial charge in [0.25, 0.3) is 5.91 Å². The molecule has 25 heavy (non-hydrogen) atoms. The van der Waals surface area contributed by atoms with Crippen molar-refractivity contribution in [2.24, 2.45) is 0 Å². The van der Waals surface area contributed by atoms with Gasteiger partial charge < -0.3 is 19.2 Å². The van der Waals surface area contributed by atoms with Crippen molar-refractivity contribution in [3.63, 3.8) is 0 Å². The van der Waals surface area contributed by atoms with Crippen molar-refractivity contribution >= 4 is 28.9 Å². The molecule has 1 aromatic heterocycles. The molecule has 0 unspecified atom stereocenters. The number of carbonyl (C=O) groups excluding carboxylic acids is 3. The van der Waals surface area contributed by atoms with Gasteiger partial charge in [-0.2, -0.15) is 0 Å². The number of methoxy groups -OCH3 is 1. The Kier molecular flexibility index (Phi) is 6.13. The Bertz CT molecular complexity index is 781. The van der Waals surface area contributed by atoms with E-state index in [2.05, 4.69) is 10.6 Å². The molecule has 134 valence electrons. The van der Waals surface area contributed by atoms with Crippen LogP contribution < -0.4 is 10.6 Å². The Morgan fingerprint density at radius 3 is 2.60 bits per heavy atom. The van der Waals surface area contributed by atoms with Crippen LogP contribution in [0.15, 0.2) is 28.7 Å². The van der Waals surface area contributed by atoms with Crippen molar-refractivity contribution in [1.29, 1.82) is 0 Å². The summed E-state index contributed by atoms with van der Waals surface area (Å²) >= 11 is 0. The minimum Gasteiger partial charge on any atom is -0.450 e. The van der Waals surface area contributed by atoms with E-state index >= 15 is 0 Å². The molecule has 0 fully saturated rings. The second-order valence-electron chi connectivity index (χ2n) is 5.59. The monoisotopic (exact) mass is 348 g/mol. The van der Waals surface area contributed by atoms with Crippen LogP contribution in [0.4, 0.5) is 4.79 Å². The molecule has 1 heterocycles. The maximum Gasteiger partial charge on any atom is 0.375 e. The summed E-state index contributed by atoms with van der Waals surface area (Å²) in [6.45, 7) is 3.06. The van der Waals surface area contributed by atoms with E-state index in [4.69, 9.17) is 13.9 Å².